The molecule has 3 heteroatoms. The Morgan fingerprint density at radius 1 is 1.22 bits per heavy atom. The van der Waals surface area contributed by atoms with E-state index in [1.165, 1.54) is 38.2 Å². The molecule has 0 heterocycles. The van der Waals surface area contributed by atoms with Gasteiger partial charge in [-0.15, -0.1) is 0 Å². The largest absolute Gasteiger partial charge is 0.302 e. The topological polar surface area (TPSA) is 3.24 Å². The van der Waals surface area contributed by atoms with Crippen molar-refractivity contribution in [3.05, 3.63) is 34.1 Å². The second kappa shape index (κ2) is 6.67. The number of benzene rings is 1. The minimum atomic E-state index is -0.162. The van der Waals surface area contributed by atoms with Crippen LogP contribution in [0.15, 0.2) is 22.7 Å². The van der Waals surface area contributed by atoms with Crippen LogP contribution in [0.4, 0.5) is 4.39 Å². The first-order chi connectivity index (χ1) is 8.63. The first kappa shape index (κ1) is 14.0. The highest BCUT2D eigenvalue weighted by Gasteiger charge is 2.15. The van der Waals surface area contributed by atoms with E-state index in [9.17, 15) is 4.39 Å². The Kier molecular flexibility index (Phi) is 5.19. The van der Waals surface area contributed by atoms with Crippen LogP contribution in [0.5, 0.6) is 0 Å². The minimum absolute atomic E-state index is 0.162. The molecule has 1 saturated carbocycles. The molecule has 0 unspecified atom stereocenters. The third-order valence-electron chi connectivity index (χ3n) is 3.67. The zero-order valence-electron chi connectivity index (χ0n) is 11.0. The van der Waals surface area contributed by atoms with Gasteiger partial charge >= 0.3 is 0 Å². The minimum Gasteiger partial charge on any atom is -0.302 e. The van der Waals surface area contributed by atoms with E-state index in [-0.39, 0.29) is 5.82 Å². The van der Waals surface area contributed by atoms with Crippen LogP contribution in [0.1, 0.15) is 37.7 Å². The van der Waals surface area contributed by atoms with Crippen molar-refractivity contribution in [1.82, 2.24) is 4.90 Å². The maximum atomic E-state index is 13.3. The van der Waals surface area contributed by atoms with Crippen molar-refractivity contribution in [2.24, 2.45) is 5.92 Å². The summed E-state index contributed by atoms with van der Waals surface area (Å²) in [5, 5.41) is 0. The quantitative estimate of drug-likeness (QED) is 0.785. The molecular formula is C15H21BrFN. The van der Waals surface area contributed by atoms with Gasteiger partial charge in [-0.25, -0.2) is 4.39 Å². The van der Waals surface area contributed by atoms with Crippen molar-refractivity contribution in [1.29, 1.82) is 0 Å². The van der Waals surface area contributed by atoms with Crippen molar-refractivity contribution in [3.63, 3.8) is 0 Å². The first-order valence-electron chi connectivity index (χ1n) is 6.77. The molecule has 0 bridgehead atoms. The Morgan fingerprint density at radius 3 is 2.61 bits per heavy atom. The average Bonchev–Trinajstić information content (AvgIpc) is 2.28. The lowest BCUT2D eigenvalue weighted by atomic mass is 9.89. The van der Waals surface area contributed by atoms with Gasteiger partial charge in [0.2, 0.25) is 0 Å². The monoisotopic (exact) mass is 313 g/mol. The molecule has 1 aromatic carbocycles. The zero-order chi connectivity index (χ0) is 13.0. The highest BCUT2D eigenvalue weighted by Crippen LogP contribution is 2.24. The number of hydrogen-bond donors (Lipinski definition) is 0. The van der Waals surface area contributed by atoms with E-state index in [4.69, 9.17) is 0 Å². The Morgan fingerprint density at radius 2 is 1.94 bits per heavy atom. The summed E-state index contributed by atoms with van der Waals surface area (Å²) in [7, 11) is 2.13. The highest BCUT2D eigenvalue weighted by atomic mass is 79.9. The number of halogens is 2. The SMILES string of the molecule is CN(Cc1cc(F)cc(Br)c1)CC1CCCCC1. The molecule has 18 heavy (non-hydrogen) atoms. The van der Waals surface area contributed by atoms with Crippen molar-refractivity contribution in [3.8, 4) is 0 Å². The number of rotatable bonds is 4. The molecule has 1 aliphatic rings. The third-order valence-corrected chi connectivity index (χ3v) is 4.13. The molecule has 2 rings (SSSR count). The molecule has 0 spiro atoms. The van der Waals surface area contributed by atoms with Gasteiger partial charge in [0, 0.05) is 17.6 Å². The summed E-state index contributed by atoms with van der Waals surface area (Å²) in [6.07, 6.45) is 6.87. The molecule has 0 amide bonds. The Labute approximate surface area is 118 Å². The summed E-state index contributed by atoms with van der Waals surface area (Å²) in [4.78, 5) is 2.32. The summed E-state index contributed by atoms with van der Waals surface area (Å²) in [6, 6.07) is 5.13. The van der Waals surface area contributed by atoms with E-state index in [1.54, 1.807) is 6.07 Å². The molecule has 0 saturated heterocycles. The van der Waals surface area contributed by atoms with Crippen LogP contribution in [0.2, 0.25) is 0 Å². The van der Waals surface area contributed by atoms with Crippen LogP contribution >= 0.6 is 15.9 Å². The van der Waals surface area contributed by atoms with Crippen LogP contribution in [0.25, 0.3) is 0 Å². The van der Waals surface area contributed by atoms with Crippen molar-refractivity contribution >= 4 is 15.9 Å². The Hall–Kier alpha value is -0.410. The van der Waals surface area contributed by atoms with Crippen molar-refractivity contribution in [2.45, 2.75) is 38.6 Å². The van der Waals surface area contributed by atoms with Crippen LogP contribution in [0, 0.1) is 11.7 Å². The molecule has 0 radical (unpaired) electrons. The van der Waals surface area contributed by atoms with Gasteiger partial charge in [-0.2, -0.15) is 0 Å². The standard InChI is InChI=1S/C15H21BrFN/c1-18(10-12-5-3-2-4-6-12)11-13-7-14(16)9-15(17)8-13/h7-9,12H,2-6,10-11H2,1H3. The van der Waals surface area contributed by atoms with E-state index in [0.717, 1.165) is 29.0 Å². The summed E-state index contributed by atoms with van der Waals surface area (Å²) >= 11 is 3.34. The smallest absolute Gasteiger partial charge is 0.124 e. The van der Waals surface area contributed by atoms with E-state index in [0.29, 0.717) is 0 Å². The molecule has 1 nitrogen and oxygen atoms in total. The Balaban J connectivity index is 1.87. The van der Waals surface area contributed by atoms with Gasteiger partial charge in [0.05, 0.1) is 0 Å². The number of hydrogen-bond acceptors (Lipinski definition) is 1. The van der Waals surface area contributed by atoms with Gasteiger partial charge in [-0.1, -0.05) is 35.2 Å². The first-order valence-corrected chi connectivity index (χ1v) is 7.56. The van der Waals surface area contributed by atoms with Gasteiger partial charge in [0.1, 0.15) is 5.82 Å². The molecule has 1 aromatic rings. The molecule has 100 valence electrons. The molecule has 0 N–H and O–H groups in total. The van der Waals surface area contributed by atoms with Crippen molar-refractivity contribution < 1.29 is 4.39 Å². The fourth-order valence-corrected chi connectivity index (χ4v) is 3.40. The fourth-order valence-electron chi connectivity index (χ4n) is 2.89. The maximum absolute atomic E-state index is 13.3. The molecule has 1 aliphatic carbocycles. The summed E-state index contributed by atoms with van der Waals surface area (Å²) in [6.45, 7) is 1.96. The van der Waals surface area contributed by atoms with Crippen LogP contribution in [-0.2, 0) is 6.54 Å². The zero-order valence-corrected chi connectivity index (χ0v) is 12.5. The summed E-state index contributed by atoms with van der Waals surface area (Å²) in [5.41, 5.74) is 1.04. The fraction of sp³-hybridized carbons (Fsp3) is 0.600. The van der Waals surface area contributed by atoms with Crippen molar-refractivity contribution in [2.75, 3.05) is 13.6 Å². The average molecular weight is 314 g/mol. The second-order valence-electron chi connectivity index (χ2n) is 5.48. The Bertz CT molecular complexity index is 368. The van der Waals surface area contributed by atoms with Gasteiger partial charge in [0.15, 0.2) is 0 Å². The van der Waals surface area contributed by atoms with Gasteiger partial charge < -0.3 is 4.90 Å². The second-order valence-corrected chi connectivity index (χ2v) is 6.39. The van der Waals surface area contributed by atoms with E-state index in [2.05, 4.69) is 27.9 Å². The molecule has 0 aromatic heterocycles. The third kappa shape index (κ3) is 4.36. The predicted molar refractivity (Wildman–Crippen MR) is 77.0 cm³/mol. The lowest BCUT2D eigenvalue weighted by molar-refractivity contribution is 0.228. The van der Waals surface area contributed by atoms with Crippen LogP contribution in [0.3, 0.4) is 0 Å². The lowest BCUT2D eigenvalue weighted by Crippen LogP contribution is -2.26. The highest BCUT2D eigenvalue weighted by molar-refractivity contribution is 9.10. The van der Waals surface area contributed by atoms with E-state index < -0.39 is 0 Å². The lowest BCUT2D eigenvalue weighted by Gasteiger charge is -2.27. The predicted octanol–water partition coefficient (Wildman–Crippen LogP) is 4.60. The molecule has 0 atom stereocenters. The van der Waals surface area contributed by atoms with Crippen LogP contribution in [-0.4, -0.2) is 18.5 Å². The molecule has 0 aliphatic heterocycles. The van der Waals surface area contributed by atoms with E-state index in [1.807, 2.05) is 6.07 Å². The normalized spacial score (nSPS) is 17.3. The van der Waals surface area contributed by atoms with Gasteiger partial charge in [-0.3, -0.25) is 0 Å². The van der Waals surface area contributed by atoms with Crippen LogP contribution < -0.4 is 0 Å². The van der Waals surface area contributed by atoms with Gasteiger partial charge in [-0.05, 0) is 49.6 Å². The molecule has 1 fully saturated rings. The number of nitrogens with zero attached hydrogens (tertiary/aromatic N) is 1. The van der Waals surface area contributed by atoms with Gasteiger partial charge in [0.25, 0.3) is 0 Å². The summed E-state index contributed by atoms with van der Waals surface area (Å²) in [5.74, 6) is 0.672. The maximum Gasteiger partial charge on any atom is 0.124 e. The van der Waals surface area contributed by atoms with E-state index >= 15 is 0 Å². The summed E-state index contributed by atoms with van der Waals surface area (Å²) < 4.78 is 14.1. The molecular weight excluding hydrogens is 293 g/mol.